The molecule has 0 aromatic heterocycles. The van der Waals surface area contributed by atoms with E-state index < -0.39 is 5.82 Å². The second kappa shape index (κ2) is 6.19. The van der Waals surface area contributed by atoms with Crippen LogP contribution in [0.2, 0.25) is 0 Å². The molecule has 1 N–H and O–H groups in total. The minimum Gasteiger partial charge on any atom is -0.378 e. The van der Waals surface area contributed by atoms with Crippen molar-refractivity contribution in [3.05, 3.63) is 35.4 Å². The number of benzene rings is 1. The molecular weight excluding hydrogens is 260 g/mol. The quantitative estimate of drug-likeness (QED) is 0.860. The van der Waals surface area contributed by atoms with Gasteiger partial charge in [-0.1, -0.05) is 13.8 Å². The SMILES string of the molecule is CCOC1CC(NCc2cc(F)ccc2F)C1(C)CC. The lowest BCUT2D eigenvalue weighted by Gasteiger charge is -2.53. The van der Waals surface area contributed by atoms with Crippen molar-refractivity contribution in [2.45, 2.75) is 52.3 Å². The van der Waals surface area contributed by atoms with Crippen molar-refractivity contribution < 1.29 is 13.5 Å². The molecule has 0 spiro atoms. The topological polar surface area (TPSA) is 21.3 Å². The van der Waals surface area contributed by atoms with Gasteiger partial charge in [0.25, 0.3) is 0 Å². The Bertz CT molecular complexity index is 466. The van der Waals surface area contributed by atoms with Crippen molar-refractivity contribution in [2.24, 2.45) is 5.41 Å². The Labute approximate surface area is 119 Å². The summed E-state index contributed by atoms with van der Waals surface area (Å²) in [7, 11) is 0. The summed E-state index contributed by atoms with van der Waals surface area (Å²) in [6.07, 6.45) is 2.18. The summed E-state index contributed by atoms with van der Waals surface area (Å²) in [5, 5.41) is 3.35. The Kier molecular flexibility index (Phi) is 4.76. The van der Waals surface area contributed by atoms with Crippen molar-refractivity contribution in [2.75, 3.05) is 6.61 Å². The lowest BCUT2D eigenvalue weighted by Crippen LogP contribution is -2.62. The van der Waals surface area contributed by atoms with Gasteiger partial charge in [-0.3, -0.25) is 0 Å². The Morgan fingerprint density at radius 3 is 2.75 bits per heavy atom. The van der Waals surface area contributed by atoms with E-state index >= 15 is 0 Å². The predicted octanol–water partition coefficient (Wildman–Crippen LogP) is 3.65. The molecule has 1 fully saturated rings. The van der Waals surface area contributed by atoms with Gasteiger partial charge in [0.15, 0.2) is 0 Å². The first kappa shape index (κ1) is 15.4. The molecule has 0 saturated heterocycles. The predicted molar refractivity (Wildman–Crippen MR) is 75.4 cm³/mol. The van der Waals surface area contributed by atoms with Crippen LogP contribution in [0.25, 0.3) is 0 Å². The van der Waals surface area contributed by atoms with Crippen molar-refractivity contribution in [3.8, 4) is 0 Å². The fourth-order valence-electron chi connectivity index (χ4n) is 2.98. The van der Waals surface area contributed by atoms with Crippen molar-refractivity contribution in [1.82, 2.24) is 5.32 Å². The number of halogens is 2. The number of rotatable bonds is 6. The fraction of sp³-hybridized carbons (Fsp3) is 0.625. The fourth-order valence-corrected chi connectivity index (χ4v) is 2.98. The maximum atomic E-state index is 13.6. The number of hydrogen-bond acceptors (Lipinski definition) is 2. The first-order valence-corrected chi connectivity index (χ1v) is 7.30. The van der Waals surface area contributed by atoms with Crippen molar-refractivity contribution >= 4 is 0 Å². The normalized spacial score (nSPS) is 29.2. The van der Waals surface area contributed by atoms with Gasteiger partial charge in [-0.05, 0) is 38.0 Å². The van der Waals surface area contributed by atoms with Crippen LogP contribution in [-0.2, 0) is 11.3 Å². The van der Waals surface area contributed by atoms with Gasteiger partial charge in [0.2, 0.25) is 0 Å². The second-order valence-electron chi connectivity index (χ2n) is 5.71. The van der Waals surface area contributed by atoms with E-state index in [0.717, 1.165) is 18.9 Å². The highest BCUT2D eigenvalue weighted by Gasteiger charge is 2.50. The summed E-state index contributed by atoms with van der Waals surface area (Å²) in [4.78, 5) is 0. The van der Waals surface area contributed by atoms with Crippen LogP contribution in [0.4, 0.5) is 8.78 Å². The van der Waals surface area contributed by atoms with Crippen molar-refractivity contribution in [1.29, 1.82) is 0 Å². The van der Waals surface area contributed by atoms with Gasteiger partial charge in [-0.15, -0.1) is 0 Å². The third-order valence-electron chi connectivity index (χ3n) is 4.66. The lowest BCUT2D eigenvalue weighted by atomic mass is 9.61. The van der Waals surface area contributed by atoms with E-state index in [9.17, 15) is 8.78 Å². The molecule has 3 atom stereocenters. The summed E-state index contributed by atoms with van der Waals surface area (Å²) >= 11 is 0. The Balaban J connectivity index is 1.96. The van der Waals surface area contributed by atoms with Gasteiger partial charge in [0.05, 0.1) is 6.10 Å². The molecule has 0 amide bonds. The highest BCUT2D eigenvalue weighted by molar-refractivity contribution is 5.19. The summed E-state index contributed by atoms with van der Waals surface area (Å²) in [5.41, 5.74) is 0.447. The zero-order valence-corrected chi connectivity index (χ0v) is 12.4. The van der Waals surface area contributed by atoms with E-state index in [-0.39, 0.29) is 23.4 Å². The Hall–Kier alpha value is -1.00. The van der Waals surface area contributed by atoms with E-state index in [1.807, 2.05) is 6.92 Å². The van der Waals surface area contributed by atoms with Crippen LogP contribution in [-0.4, -0.2) is 18.8 Å². The van der Waals surface area contributed by atoms with Crippen LogP contribution in [0, 0.1) is 17.0 Å². The second-order valence-corrected chi connectivity index (χ2v) is 5.71. The van der Waals surface area contributed by atoms with Gasteiger partial charge in [-0.2, -0.15) is 0 Å². The molecule has 2 rings (SSSR count). The Morgan fingerprint density at radius 2 is 2.10 bits per heavy atom. The average molecular weight is 283 g/mol. The first-order chi connectivity index (χ1) is 9.51. The molecular formula is C16H23F2NO. The first-order valence-electron chi connectivity index (χ1n) is 7.30. The van der Waals surface area contributed by atoms with Crippen LogP contribution in [0.15, 0.2) is 18.2 Å². The van der Waals surface area contributed by atoms with Gasteiger partial charge >= 0.3 is 0 Å². The highest BCUT2D eigenvalue weighted by Crippen LogP contribution is 2.45. The largest absolute Gasteiger partial charge is 0.378 e. The molecule has 0 bridgehead atoms. The van der Waals surface area contributed by atoms with Crippen LogP contribution in [0.1, 0.15) is 39.2 Å². The van der Waals surface area contributed by atoms with Gasteiger partial charge < -0.3 is 10.1 Å². The maximum Gasteiger partial charge on any atom is 0.127 e. The number of nitrogens with one attached hydrogen (secondary N) is 1. The molecule has 3 unspecified atom stereocenters. The molecule has 1 aliphatic carbocycles. The molecule has 112 valence electrons. The number of ether oxygens (including phenoxy) is 1. The standard InChI is InChI=1S/C16H23F2NO/c1-4-16(3)14(9-15(16)20-5-2)19-10-11-8-12(17)6-7-13(11)18/h6-8,14-15,19H,4-5,9-10H2,1-3H3. The summed E-state index contributed by atoms with van der Waals surface area (Å²) in [6, 6.07) is 3.86. The van der Waals surface area contributed by atoms with E-state index in [0.29, 0.717) is 18.7 Å². The molecule has 0 heterocycles. The van der Waals surface area contributed by atoms with Gasteiger partial charge in [0.1, 0.15) is 11.6 Å². The summed E-state index contributed by atoms with van der Waals surface area (Å²) in [5.74, 6) is -0.764. The highest BCUT2D eigenvalue weighted by atomic mass is 19.1. The third kappa shape index (κ3) is 2.86. The summed E-state index contributed by atoms with van der Waals surface area (Å²) < 4.78 is 32.5. The van der Waals surface area contributed by atoms with Crippen LogP contribution >= 0.6 is 0 Å². The zero-order valence-electron chi connectivity index (χ0n) is 12.4. The van der Waals surface area contributed by atoms with E-state index in [1.165, 1.54) is 12.1 Å². The molecule has 4 heteroatoms. The summed E-state index contributed by atoms with van der Waals surface area (Å²) in [6.45, 7) is 7.40. The molecule has 0 radical (unpaired) electrons. The molecule has 20 heavy (non-hydrogen) atoms. The van der Waals surface area contributed by atoms with E-state index in [4.69, 9.17) is 4.74 Å². The smallest absolute Gasteiger partial charge is 0.127 e. The molecule has 1 saturated carbocycles. The molecule has 1 aromatic carbocycles. The van der Waals surface area contributed by atoms with E-state index in [2.05, 4.69) is 19.2 Å². The van der Waals surface area contributed by atoms with E-state index in [1.54, 1.807) is 0 Å². The number of hydrogen-bond donors (Lipinski definition) is 1. The van der Waals surface area contributed by atoms with Crippen LogP contribution < -0.4 is 5.32 Å². The van der Waals surface area contributed by atoms with Gasteiger partial charge in [-0.25, -0.2) is 8.78 Å². The molecule has 2 nitrogen and oxygen atoms in total. The molecule has 1 aliphatic rings. The Morgan fingerprint density at radius 1 is 1.35 bits per heavy atom. The van der Waals surface area contributed by atoms with Crippen LogP contribution in [0.5, 0.6) is 0 Å². The maximum absolute atomic E-state index is 13.6. The monoisotopic (exact) mass is 283 g/mol. The van der Waals surface area contributed by atoms with Crippen LogP contribution in [0.3, 0.4) is 0 Å². The minimum atomic E-state index is -0.401. The van der Waals surface area contributed by atoms with Crippen molar-refractivity contribution in [3.63, 3.8) is 0 Å². The zero-order chi connectivity index (χ0) is 14.8. The molecule has 1 aromatic rings. The van der Waals surface area contributed by atoms with Gasteiger partial charge in [0, 0.05) is 30.2 Å². The molecule has 0 aliphatic heterocycles. The minimum absolute atomic E-state index is 0.0693. The average Bonchev–Trinajstić information content (AvgIpc) is 2.44. The lowest BCUT2D eigenvalue weighted by molar-refractivity contribution is -0.126. The third-order valence-corrected chi connectivity index (χ3v) is 4.66.